The lowest BCUT2D eigenvalue weighted by Crippen LogP contribution is -2.28. The standard InChI is InChI=1S/C19H22O/c1-15-9-11-16(12-10-15)14-19(20)13-5-4-7-17-6-2-3-8-18(17)19/h2-3,6,8-12,20H,4-5,7,13-14H2,1H3. The monoisotopic (exact) mass is 266 g/mol. The summed E-state index contributed by atoms with van der Waals surface area (Å²) in [5.41, 5.74) is 4.23. The number of aryl methyl sites for hydroxylation is 2. The van der Waals surface area contributed by atoms with Crippen molar-refractivity contribution in [3.8, 4) is 0 Å². The van der Waals surface area contributed by atoms with Gasteiger partial charge in [-0.1, -0.05) is 54.1 Å². The molecule has 3 rings (SSSR count). The van der Waals surface area contributed by atoms with E-state index in [4.69, 9.17) is 0 Å². The minimum atomic E-state index is -0.706. The number of benzene rings is 2. The van der Waals surface area contributed by atoms with Gasteiger partial charge in [0.2, 0.25) is 0 Å². The molecule has 20 heavy (non-hydrogen) atoms. The zero-order valence-corrected chi connectivity index (χ0v) is 12.1. The number of aliphatic hydroxyl groups is 1. The summed E-state index contributed by atoms with van der Waals surface area (Å²) in [4.78, 5) is 0. The second-order valence-electron chi connectivity index (χ2n) is 6.06. The highest BCUT2D eigenvalue weighted by Gasteiger charge is 2.32. The summed E-state index contributed by atoms with van der Waals surface area (Å²) in [6.45, 7) is 2.10. The second kappa shape index (κ2) is 5.41. The van der Waals surface area contributed by atoms with Crippen LogP contribution in [0.2, 0.25) is 0 Å². The fraction of sp³-hybridized carbons (Fsp3) is 0.368. The van der Waals surface area contributed by atoms with E-state index in [1.165, 1.54) is 23.1 Å². The van der Waals surface area contributed by atoms with Gasteiger partial charge in [-0.25, -0.2) is 0 Å². The maximum atomic E-state index is 11.2. The van der Waals surface area contributed by atoms with Gasteiger partial charge in [-0.15, -0.1) is 0 Å². The molecule has 0 aliphatic heterocycles. The average molecular weight is 266 g/mol. The van der Waals surface area contributed by atoms with Crippen LogP contribution in [0.5, 0.6) is 0 Å². The summed E-state index contributed by atoms with van der Waals surface area (Å²) in [7, 11) is 0. The highest BCUT2D eigenvalue weighted by atomic mass is 16.3. The Morgan fingerprint density at radius 2 is 1.75 bits per heavy atom. The molecule has 2 aromatic carbocycles. The third-order valence-electron chi connectivity index (χ3n) is 4.42. The zero-order valence-electron chi connectivity index (χ0n) is 12.1. The molecular weight excluding hydrogens is 244 g/mol. The fourth-order valence-corrected chi connectivity index (χ4v) is 3.29. The molecule has 0 amide bonds. The molecule has 1 nitrogen and oxygen atoms in total. The van der Waals surface area contributed by atoms with Crippen LogP contribution in [0.3, 0.4) is 0 Å². The van der Waals surface area contributed by atoms with Crippen molar-refractivity contribution in [2.24, 2.45) is 0 Å². The van der Waals surface area contributed by atoms with E-state index in [1.54, 1.807) is 0 Å². The van der Waals surface area contributed by atoms with Crippen molar-refractivity contribution in [3.05, 3.63) is 70.8 Å². The molecule has 0 radical (unpaired) electrons. The van der Waals surface area contributed by atoms with Gasteiger partial charge in [-0.2, -0.15) is 0 Å². The Morgan fingerprint density at radius 1 is 1.00 bits per heavy atom. The Morgan fingerprint density at radius 3 is 2.55 bits per heavy atom. The van der Waals surface area contributed by atoms with Crippen molar-refractivity contribution >= 4 is 0 Å². The van der Waals surface area contributed by atoms with Crippen LogP contribution in [-0.2, 0) is 18.4 Å². The van der Waals surface area contributed by atoms with E-state index in [0.29, 0.717) is 6.42 Å². The maximum absolute atomic E-state index is 11.2. The van der Waals surface area contributed by atoms with Crippen molar-refractivity contribution in [1.82, 2.24) is 0 Å². The van der Waals surface area contributed by atoms with E-state index in [0.717, 1.165) is 24.8 Å². The number of hydrogen-bond donors (Lipinski definition) is 1. The van der Waals surface area contributed by atoms with Gasteiger partial charge in [0.15, 0.2) is 0 Å². The molecule has 1 heteroatoms. The fourth-order valence-electron chi connectivity index (χ4n) is 3.29. The lowest BCUT2D eigenvalue weighted by Gasteiger charge is -2.29. The van der Waals surface area contributed by atoms with Crippen molar-refractivity contribution in [2.75, 3.05) is 0 Å². The highest BCUT2D eigenvalue weighted by molar-refractivity contribution is 5.35. The third-order valence-corrected chi connectivity index (χ3v) is 4.42. The van der Waals surface area contributed by atoms with E-state index >= 15 is 0 Å². The smallest absolute Gasteiger partial charge is 0.0939 e. The van der Waals surface area contributed by atoms with Crippen molar-refractivity contribution < 1.29 is 5.11 Å². The number of rotatable bonds is 2. The van der Waals surface area contributed by atoms with Gasteiger partial charge in [0.05, 0.1) is 5.60 Å². The molecule has 0 spiro atoms. The Balaban J connectivity index is 1.96. The van der Waals surface area contributed by atoms with Crippen LogP contribution in [-0.4, -0.2) is 5.11 Å². The van der Waals surface area contributed by atoms with Gasteiger partial charge in [0.25, 0.3) is 0 Å². The van der Waals surface area contributed by atoms with E-state index in [2.05, 4.69) is 49.4 Å². The number of hydrogen-bond acceptors (Lipinski definition) is 1. The topological polar surface area (TPSA) is 20.2 Å². The van der Waals surface area contributed by atoms with Crippen LogP contribution < -0.4 is 0 Å². The third kappa shape index (κ3) is 2.64. The summed E-state index contributed by atoms with van der Waals surface area (Å²) in [5, 5.41) is 11.2. The van der Waals surface area contributed by atoms with Gasteiger partial charge < -0.3 is 5.11 Å². The van der Waals surface area contributed by atoms with Crippen molar-refractivity contribution in [1.29, 1.82) is 0 Å². The molecule has 1 aliphatic carbocycles. The van der Waals surface area contributed by atoms with Crippen LogP contribution in [0.15, 0.2) is 48.5 Å². The van der Waals surface area contributed by atoms with Crippen LogP contribution >= 0.6 is 0 Å². The maximum Gasteiger partial charge on any atom is 0.0939 e. The van der Waals surface area contributed by atoms with E-state index in [9.17, 15) is 5.11 Å². The molecule has 1 atom stereocenters. The zero-order chi connectivity index (χ0) is 14.0. The molecule has 0 aromatic heterocycles. The molecule has 0 heterocycles. The number of fused-ring (bicyclic) bond motifs is 1. The molecule has 1 unspecified atom stereocenters. The van der Waals surface area contributed by atoms with Crippen LogP contribution in [0.4, 0.5) is 0 Å². The van der Waals surface area contributed by atoms with Crippen LogP contribution in [0.1, 0.15) is 41.5 Å². The van der Waals surface area contributed by atoms with Crippen LogP contribution in [0.25, 0.3) is 0 Å². The van der Waals surface area contributed by atoms with Crippen molar-refractivity contribution in [3.63, 3.8) is 0 Å². The van der Waals surface area contributed by atoms with E-state index in [1.807, 2.05) is 6.07 Å². The quantitative estimate of drug-likeness (QED) is 0.810. The largest absolute Gasteiger partial charge is 0.385 e. The molecule has 1 N–H and O–H groups in total. The molecule has 0 fully saturated rings. The van der Waals surface area contributed by atoms with E-state index < -0.39 is 5.60 Å². The second-order valence-corrected chi connectivity index (χ2v) is 6.06. The Bertz CT molecular complexity index is 585. The van der Waals surface area contributed by atoms with E-state index in [-0.39, 0.29) is 0 Å². The highest BCUT2D eigenvalue weighted by Crippen LogP contribution is 2.36. The Hall–Kier alpha value is -1.60. The Labute approximate surface area is 121 Å². The first kappa shape index (κ1) is 13.4. The molecule has 104 valence electrons. The van der Waals surface area contributed by atoms with Gasteiger partial charge in [0, 0.05) is 6.42 Å². The first-order chi connectivity index (χ1) is 9.67. The van der Waals surface area contributed by atoms with Gasteiger partial charge in [-0.3, -0.25) is 0 Å². The minimum absolute atomic E-state index is 0.706. The summed E-state index contributed by atoms with van der Waals surface area (Å²) in [6, 6.07) is 16.9. The first-order valence-electron chi connectivity index (χ1n) is 7.54. The van der Waals surface area contributed by atoms with Gasteiger partial charge >= 0.3 is 0 Å². The molecule has 0 saturated heterocycles. The van der Waals surface area contributed by atoms with Crippen molar-refractivity contribution in [2.45, 2.75) is 44.6 Å². The summed E-state index contributed by atoms with van der Waals surface area (Å²) in [5.74, 6) is 0. The van der Waals surface area contributed by atoms with Crippen LogP contribution in [0, 0.1) is 6.92 Å². The summed E-state index contributed by atoms with van der Waals surface area (Å²) in [6.07, 6.45) is 4.93. The molecule has 0 saturated carbocycles. The summed E-state index contributed by atoms with van der Waals surface area (Å²) >= 11 is 0. The lowest BCUT2D eigenvalue weighted by atomic mass is 9.83. The molecule has 0 bridgehead atoms. The minimum Gasteiger partial charge on any atom is -0.385 e. The van der Waals surface area contributed by atoms with Gasteiger partial charge in [0.1, 0.15) is 0 Å². The predicted octanol–water partition coefficient (Wildman–Crippen LogP) is 4.15. The lowest BCUT2D eigenvalue weighted by molar-refractivity contribution is 0.0272. The molecule has 2 aromatic rings. The molecular formula is C19H22O. The summed E-state index contributed by atoms with van der Waals surface area (Å²) < 4.78 is 0. The molecule has 1 aliphatic rings. The normalized spacial score (nSPS) is 22.1. The Kier molecular flexibility index (Phi) is 3.62. The predicted molar refractivity (Wildman–Crippen MR) is 82.8 cm³/mol. The van der Waals surface area contributed by atoms with Gasteiger partial charge in [-0.05, 0) is 49.3 Å². The average Bonchev–Trinajstić information content (AvgIpc) is 2.62. The first-order valence-corrected chi connectivity index (χ1v) is 7.54. The SMILES string of the molecule is Cc1ccc(CC2(O)CCCCc3ccccc32)cc1.